The van der Waals surface area contributed by atoms with E-state index in [0.717, 1.165) is 0 Å². The number of amides is 1. The Morgan fingerprint density at radius 1 is 1.36 bits per heavy atom. The molecule has 2 saturated carbocycles. The third-order valence-electron chi connectivity index (χ3n) is 6.84. The Kier molecular flexibility index (Phi) is 5.52. The van der Waals surface area contributed by atoms with E-state index in [2.05, 4.69) is 11.9 Å². The second kappa shape index (κ2) is 7.84. The van der Waals surface area contributed by atoms with Crippen LogP contribution in [0, 0.1) is 29.1 Å². The minimum Gasteiger partial charge on any atom is -0.507 e. The molecule has 33 heavy (non-hydrogen) atoms. The number of ether oxygens (including phenoxy) is 1. The van der Waals surface area contributed by atoms with E-state index < -0.39 is 76.5 Å². The Hall–Kier alpha value is -2.92. The fourth-order valence-corrected chi connectivity index (χ4v) is 5.69. The van der Waals surface area contributed by atoms with Gasteiger partial charge in [-0.2, -0.15) is 0 Å². The first-order valence-corrected chi connectivity index (χ1v) is 10.5. The molecule has 0 radical (unpaired) electrons. The normalized spacial score (nSPS) is 33.4. The number of aliphatic hydroxyl groups is 1. The number of carbonyl (C=O) groups is 4. The fourth-order valence-electron chi connectivity index (χ4n) is 5.41. The Balaban J connectivity index is 1.95. The van der Waals surface area contributed by atoms with E-state index in [1.165, 1.54) is 12.1 Å². The van der Waals surface area contributed by atoms with Gasteiger partial charge in [0.1, 0.15) is 5.75 Å². The highest BCUT2D eigenvalue weighted by molar-refractivity contribution is 6.36. The molecule has 10 nitrogen and oxygen atoms in total. The van der Waals surface area contributed by atoms with Crippen molar-refractivity contribution in [3.8, 4) is 5.75 Å². The summed E-state index contributed by atoms with van der Waals surface area (Å²) >= 11 is 6.32. The van der Waals surface area contributed by atoms with Gasteiger partial charge >= 0.3 is 0 Å². The summed E-state index contributed by atoms with van der Waals surface area (Å²) in [5, 5.41) is 33.6. The van der Waals surface area contributed by atoms with Crippen molar-refractivity contribution in [1.82, 2.24) is 5.32 Å². The monoisotopic (exact) mass is 475 g/mol. The van der Waals surface area contributed by atoms with Gasteiger partial charge in [0, 0.05) is 28.8 Å². The molecular formula is C22H22ClN3O7. The van der Waals surface area contributed by atoms with Gasteiger partial charge < -0.3 is 26.1 Å². The van der Waals surface area contributed by atoms with E-state index in [-0.39, 0.29) is 28.5 Å². The number of benzene rings is 1. The lowest BCUT2D eigenvalue weighted by Gasteiger charge is -2.54. The van der Waals surface area contributed by atoms with Crippen LogP contribution in [0.25, 0.3) is 5.57 Å². The maximum atomic E-state index is 13.5. The standard InChI is InChI=1S/C22H22ClN3O7/c1-7-12-9(23)3-4-10(27)14(12)17(29)16-13(7)18(33-6-26-2)8-5-11(28)15(21(25)31)20(30)22(8,32)19(16)24/h3-4,8,13,15-16,18,24,26-27,32H,1,5-6H2,2H3,(H2,25,31). The summed E-state index contributed by atoms with van der Waals surface area (Å²) in [5.41, 5.74) is 2.17. The topological polar surface area (TPSA) is 180 Å². The number of phenols is 1. The number of hydrogen-bond acceptors (Lipinski definition) is 9. The Labute approximate surface area is 193 Å². The van der Waals surface area contributed by atoms with Crippen molar-refractivity contribution < 1.29 is 34.1 Å². The number of aromatic hydroxyl groups is 1. The number of hydrogen-bond donors (Lipinski definition) is 5. The van der Waals surface area contributed by atoms with Crippen molar-refractivity contribution in [2.24, 2.45) is 29.4 Å². The number of fused-ring (bicyclic) bond motifs is 3. The molecule has 0 bridgehead atoms. The lowest BCUT2D eigenvalue weighted by atomic mass is 9.51. The van der Waals surface area contributed by atoms with Gasteiger partial charge in [0.05, 0.1) is 30.0 Å². The molecule has 0 saturated heterocycles. The number of Topliss-reactive ketones (excluding diaryl/α,β-unsaturated/α-hetero) is 3. The van der Waals surface area contributed by atoms with Gasteiger partial charge in [-0.25, -0.2) is 0 Å². The molecule has 6 atom stereocenters. The Morgan fingerprint density at radius 3 is 2.64 bits per heavy atom. The number of phenolic OH excluding ortho intramolecular Hbond substituents is 1. The molecule has 2 fully saturated rings. The molecule has 174 valence electrons. The number of nitrogens with one attached hydrogen (secondary N) is 2. The van der Waals surface area contributed by atoms with E-state index >= 15 is 0 Å². The second-order valence-corrected chi connectivity index (χ2v) is 8.90. The highest BCUT2D eigenvalue weighted by atomic mass is 35.5. The summed E-state index contributed by atoms with van der Waals surface area (Å²) in [4.78, 5) is 51.2. The third kappa shape index (κ3) is 3.02. The predicted octanol–water partition coefficient (Wildman–Crippen LogP) is 0.0737. The van der Waals surface area contributed by atoms with E-state index in [1.54, 1.807) is 7.05 Å². The van der Waals surface area contributed by atoms with Gasteiger partial charge in [-0.15, -0.1) is 0 Å². The van der Waals surface area contributed by atoms with Crippen LogP contribution in [-0.2, 0) is 19.1 Å². The maximum absolute atomic E-state index is 13.5. The highest BCUT2D eigenvalue weighted by Gasteiger charge is 2.68. The van der Waals surface area contributed by atoms with Gasteiger partial charge in [0.25, 0.3) is 0 Å². The Morgan fingerprint density at radius 2 is 2.03 bits per heavy atom. The van der Waals surface area contributed by atoms with Crippen LogP contribution in [-0.4, -0.2) is 64.7 Å². The summed E-state index contributed by atoms with van der Waals surface area (Å²) in [7, 11) is 1.58. The smallest absolute Gasteiger partial charge is 0.235 e. The number of halogens is 1. The van der Waals surface area contributed by atoms with Crippen molar-refractivity contribution in [2.75, 3.05) is 13.8 Å². The lowest BCUT2D eigenvalue weighted by molar-refractivity contribution is -0.167. The largest absolute Gasteiger partial charge is 0.507 e. The summed E-state index contributed by atoms with van der Waals surface area (Å²) in [6, 6.07) is 2.62. The summed E-state index contributed by atoms with van der Waals surface area (Å²) in [6.07, 6.45) is -1.59. The van der Waals surface area contributed by atoms with Crippen LogP contribution in [0.15, 0.2) is 18.7 Å². The van der Waals surface area contributed by atoms with Gasteiger partial charge in [-0.3, -0.25) is 24.5 Å². The average molecular weight is 476 g/mol. The zero-order valence-corrected chi connectivity index (χ0v) is 18.3. The number of ketones is 3. The van der Waals surface area contributed by atoms with Crippen molar-refractivity contribution >= 4 is 46.1 Å². The molecular weight excluding hydrogens is 454 g/mol. The zero-order chi connectivity index (χ0) is 24.4. The molecule has 0 aromatic heterocycles. The molecule has 6 N–H and O–H groups in total. The van der Waals surface area contributed by atoms with Crippen molar-refractivity contribution in [2.45, 2.75) is 18.1 Å². The quantitative estimate of drug-likeness (QED) is 0.299. The van der Waals surface area contributed by atoms with E-state index in [4.69, 9.17) is 27.5 Å². The van der Waals surface area contributed by atoms with Crippen molar-refractivity contribution in [3.05, 3.63) is 34.9 Å². The van der Waals surface area contributed by atoms with Crippen LogP contribution in [0.5, 0.6) is 5.75 Å². The summed E-state index contributed by atoms with van der Waals surface area (Å²) in [5.74, 6) is -10.0. The van der Waals surface area contributed by atoms with Crippen LogP contribution in [0.1, 0.15) is 22.3 Å². The molecule has 1 aromatic rings. The van der Waals surface area contributed by atoms with E-state index in [1.807, 2.05) is 0 Å². The molecule has 1 amide bonds. The molecule has 3 aliphatic carbocycles. The van der Waals surface area contributed by atoms with Crippen LogP contribution in [0.4, 0.5) is 0 Å². The zero-order valence-electron chi connectivity index (χ0n) is 17.6. The number of nitrogens with two attached hydrogens (primary N) is 1. The lowest BCUT2D eigenvalue weighted by Crippen LogP contribution is -2.72. The summed E-state index contributed by atoms with van der Waals surface area (Å²) < 4.78 is 5.87. The second-order valence-electron chi connectivity index (χ2n) is 8.50. The third-order valence-corrected chi connectivity index (χ3v) is 7.15. The van der Waals surface area contributed by atoms with Gasteiger partial charge in [-0.05, 0) is 24.8 Å². The number of carbonyl (C=O) groups excluding carboxylic acids is 4. The van der Waals surface area contributed by atoms with Gasteiger partial charge in [0.15, 0.2) is 28.9 Å². The molecule has 0 spiro atoms. The minimum absolute atomic E-state index is 0.0719. The van der Waals surface area contributed by atoms with Crippen molar-refractivity contribution in [1.29, 1.82) is 5.41 Å². The van der Waals surface area contributed by atoms with E-state index in [9.17, 15) is 29.4 Å². The van der Waals surface area contributed by atoms with Crippen LogP contribution < -0.4 is 11.1 Å². The number of rotatable bonds is 4. The van der Waals surface area contributed by atoms with Crippen LogP contribution >= 0.6 is 11.6 Å². The predicted molar refractivity (Wildman–Crippen MR) is 116 cm³/mol. The molecule has 0 heterocycles. The minimum atomic E-state index is -2.64. The molecule has 4 rings (SSSR count). The van der Waals surface area contributed by atoms with Crippen LogP contribution in [0.2, 0.25) is 5.02 Å². The molecule has 3 aliphatic rings. The first kappa shape index (κ1) is 23.2. The first-order valence-electron chi connectivity index (χ1n) is 10.2. The average Bonchev–Trinajstić information content (AvgIpc) is 2.75. The van der Waals surface area contributed by atoms with Gasteiger partial charge in [0.2, 0.25) is 5.91 Å². The Bertz CT molecular complexity index is 1150. The molecule has 1 aromatic carbocycles. The first-order chi connectivity index (χ1) is 15.5. The van der Waals surface area contributed by atoms with Gasteiger partial charge in [-0.1, -0.05) is 18.2 Å². The summed E-state index contributed by atoms with van der Waals surface area (Å²) in [6.45, 7) is 3.97. The molecule has 11 heteroatoms. The maximum Gasteiger partial charge on any atom is 0.235 e. The molecule has 0 aliphatic heterocycles. The van der Waals surface area contributed by atoms with E-state index in [0.29, 0.717) is 0 Å². The fraction of sp³-hybridized carbons (Fsp3) is 0.409. The van der Waals surface area contributed by atoms with Crippen molar-refractivity contribution in [3.63, 3.8) is 0 Å². The highest BCUT2D eigenvalue weighted by Crippen LogP contribution is 2.55. The SMILES string of the molecule is C=C1c2c(Cl)ccc(O)c2C(=O)C2C(=N)C3(O)C(=O)C(C(N)=O)C(=O)CC3C(OCNC)C12. The molecule has 6 unspecified atom stereocenters. The van der Waals surface area contributed by atoms with Crippen LogP contribution in [0.3, 0.4) is 0 Å². The number of primary amides is 1.